The summed E-state index contributed by atoms with van der Waals surface area (Å²) >= 11 is 0. The molecule has 2 aliphatic rings. The topological polar surface area (TPSA) is 60.0 Å². The Labute approximate surface area is 187 Å². The molecule has 1 amide bonds. The van der Waals surface area contributed by atoms with E-state index in [1.807, 2.05) is 23.1 Å². The second-order valence-corrected chi connectivity index (χ2v) is 9.04. The van der Waals surface area contributed by atoms with Crippen LogP contribution in [0.15, 0.2) is 18.2 Å². The lowest BCUT2D eigenvalue weighted by atomic mass is 9.98. The fourth-order valence-corrected chi connectivity index (χ4v) is 4.64. The largest absolute Gasteiger partial charge is 0.490 e. The molecule has 1 aliphatic heterocycles. The number of carbonyl (C=O) groups excluding carboxylic acids is 1. The van der Waals surface area contributed by atoms with Crippen LogP contribution in [0.4, 0.5) is 0 Å². The van der Waals surface area contributed by atoms with Gasteiger partial charge in [0.05, 0.1) is 12.7 Å². The number of carbonyl (C=O) groups is 1. The lowest BCUT2D eigenvalue weighted by Gasteiger charge is -2.37. The molecule has 1 unspecified atom stereocenters. The molecular formula is C25H40N2O4. The van der Waals surface area contributed by atoms with Gasteiger partial charge in [-0.3, -0.25) is 4.79 Å². The summed E-state index contributed by atoms with van der Waals surface area (Å²) in [6.07, 6.45) is 9.05. The zero-order valence-electron chi connectivity index (χ0n) is 19.5. The Morgan fingerprint density at radius 3 is 2.58 bits per heavy atom. The van der Waals surface area contributed by atoms with Crippen molar-refractivity contribution in [3.05, 3.63) is 23.8 Å². The monoisotopic (exact) mass is 432 g/mol. The maximum absolute atomic E-state index is 13.5. The minimum Gasteiger partial charge on any atom is -0.490 e. The summed E-state index contributed by atoms with van der Waals surface area (Å²) in [5.74, 6) is 1.48. The number of rotatable bonds is 10. The number of amides is 1. The number of ether oxygens (including phenoxy) is 3. The molecule has 1 aromatic carbocycles. The van der Waals surface area contributed by atoms with E-state index in [-0.39, 0.29) is 24.1 Å². The minimum absolute atomic E-state index is 0.0645. The molecular weight excluding hydrogens is 392 g/mol. The molecule has 2 fully saturated rings. The molecule has 1 saturated carbocycles. The number of methoxy groups -OCH3 is 1. The third-order valence-electron chi connectivity index (χ3n) is 6.24. The van der Waals surface area contributed by atoms with Crippen LogP contribution < -0.4 is 14.8 Å². The Morgan fingerprint density at radius 1 is 1.10 bits per heavy atom. The summed E-state index contributed by atoms with van der Waals surface area (Å²) in [6.45, 7) is 7.25. The first-order valence-electron chi connectivity index (χ1n) is 12.1. The normalized spacial score (nSPS) is 19.9. The summed E-state index contributed by atoms with van der Waals surface area (Å²) in [5.41, 5.74) is 0.664. The summed E-state index contributed by atoms with van der Waals surface area (Å²) in [6, 6.07) is 6.06. The highest BCUT2D eigenvalue weighted by Gasteiger charge is 2.29. The Balaban J connectivity index is 1.78. The van der Waals surface area contributed by atoms with E-state index in [1.165, 1.54) is 19.3 Å². The van der Waals surface area contributed by atoms with Crippen LogP contribution in [0.1, 0.15) is 75.6 Å². The minimum atomic E-state index is 0.0645. The Kier molecular flexibility index (Phi) is 9.47. The van der Waals surface area contributed by atoms with Gasteiger partial charge in [-0.2, -0.15) is 0 Å². The van der Waals surface area contributed by atoms with Crippen LogP contribution in [0.25, 0.3) is 0 Å². The summed E-state index contributed by atoms with van der Waals surface area (Å²) in [5, 5.41) is 3.43. The van der Waals surface area contributed by atoms with Gasteiger partial charge in [0.15, 0.2) is 11.5 Å². The van der Waals surface area contributed by atoms with Crippen molar-refractivity contribution >= 4 is 5.91 Å². The highest BCUT2D eigenvalue weighted by molar-refractivity contribution is 5.95. The second-order valence-electron chi connectivity index (χ2n) is 9.04. The quantitative estimate of drug-likeness (QED) is 0.555. The molecule has 1 atom stereocenters. The molecule has 0 bridgehead atoms. The van der Waals surface area contributed by atoms with E-state index in [1.54, 1.807) is 7.11 Å². The van der Waals surface area contributed by atoms with Gasteiger partial charge in [0, 0.05) is 44.3 Å². The second kappa shape index (κ2) is 12.3. The zero-order chi connectivity index (χ0) is 22.1. The van der Waals surface area contributed by atoms with Crippen molar-refractivity contribution in [2.45, 2.75) is 83.4 Å². The first kappa shape index (κ1) is 23.9. The van der Waals surface area contributed by atoms with Crippen LogP contribution in [0.3, 0.4) is 0 Å². The molecule has 1 aromatic rings. The van der Waals surface area contributed by atoms with E-state index in [9.17, 15) is 4.79 Å². The van der Waals surface area contributed by atoms with E-state index in [2.05, 4.69) is 19.2 Å². The van der Waals surface area contributed by atoms with E-state index >= 15 is 0 Å². The molecule has 6 nitrogen and oxygen atoms in total. The summed E-state index contributed by atoms with van der Waals surface area (Å²) in [4.78, 5) is 15.5. The molecule has 0 radical (unpaired) electrons. The van der Waals surface area contributed by atoms with Gasteiger partial charge < -0.3 is 24.4 Å². The van der Waals surface area contributed by atoms with Gasteiger partial charge in [0.2, 0.25) is 0 Å². The Hall–Kier alpha value is -1.79. The lowest BCUT2D eigenvalue weighted by molar-refractivity contribution is 0.0572. The Bertz CT molecular complexity index is 682. The van der Waals surface area contributed by atoms with E-state index in [4.69, 9.17) is 14.2 Å². The maximum Gasteiger partial charge on any atom is 0.254 e. The standard InChI is InChI=1S/C25H40N2O4/c1-19(2)27(21-9-7-14-26-18-21)25(28)20-12-13-23(31-22-10-5-4-6-11-22)24(17-20)30-16-8-15-29-3/h12-13,17,19,21-22,26H,4-11,14-16,18H2,1-3H3. The molecule has 1 aliphatic carbocycles. The van der Waals surface area contributed by atoms with Gasteiger partial charge in [-0.25, -0.2) is 0 Å². The molecule has 3 rings (SSSR count). The summed E-state index contributed by atoms with van der Waals surface area (Å²) < 4.78 is 17.5. The number of hydrogen-bond acceptors (Lipinski definition) is 5. The molecule has 1 heterocycles. The van der Waals surface area contributed by atoms with E-state index < -0.39 is 0 Å². The summed E-state index contributed by atoms with van der Waals surface area (Å²) in [7, 11) is 1.69. The Morgan fingerprint density at radius 2 is 1.90 bits per heavy atom. The zero-order valence-corrected chi connectivity index (χ0v) is 19.5. The number of piperidine rings is 1. The van der Waals surface area contributed by atoms with Gasteiger partial charge >= 0.3 is 0 Å². The van der Waals surface area contributed by atoms with Crippen molar-refractivity contribution in [2.75, 3.05) is 33.4 Å². The molecule has 174 valence electrons. The van der Waals surface area contributed by atoms with Crippen molar-refractivity contribution in [3.8, 4) is 11.5 Å². The predicted molar refractivity (Wildman–Crippen MR) is 123 cm³/mol. The van der Waals surface area contributed by atoms with E-state index in [0.717, 1.165) is 50.9 Å². The molecule has 1 N–H and O–H groups in total. The molecule has 0 aromatic heterocycles. The van der Waals surface area contributed by atoms with Crippen LogP contribution >= 0.6 is 0 Å². The number of hydrogen-bond donors (Lipinski definition) is 1. The first-order chi connectivity index (χ1) is 15.1. The number of nitrogens with one attached hydrogen (secondary N) is 1. The smallest absolute Gasteiger partial charge is 0.254 e. The van der Waals surface area contributed by atoms with Gasteiger partial charge in [-0.05, 0) is 77.1 Å². The van der Waals surface area contributed by atoms with Gasteiger partial charge in [0.1, 0.15) is 0 Å². The molecule has 31 heavy (non-hydrogen) atoms. The van der Waals surface area contributed by atoms with Gasteiger partial charge in [-0.15, -0.1) is 0 Å². The van der Waals surface area contributed by atoms with Crippen molar-refractivity contribution < 1.29 is 19.0 Å². The fourth-order valence-electron chi connectivity index (χ4n) is 4.64. The average molecular weight is 433 g/mol. The SMILES string of the molecule is COCCCOc1cc(C(=O)N(C(C)C)C2CCCNC2)ccc1OC1CCCCC1. The van der Waals surface area contributed by atoms with Crippen LogP contribution in [0, 0.1) is 0 Å². The highest BCUT2D eigenvalue weighted by atomic mass is 16.5. The fraction of sp³-hybridized carbons (Fsp3) is 0.720. The van der Waals surface area contributed by atoms with Gasteiger partial charge in [-0.1, -0.05) is 6.42 Å². The van der Waals surface area contributed by atoms with Crippen LogP contribution in [-0.4, -0.2) is 62.4 Å². The molecule has 1 saturated heterocycles. The molecule has 0 spiro atoms. The third kappa shape index (κ3) is 6.84. The number of nitrogens with zero attached hydrogens (tertiary/aromatic N) is 1. The van der Waals surface area contributed by atoms with Crippen molar-refractivity contribution in [1.29, 1.82) is 0 Å². The first-order valence-corrected chi connectivity index (χ1v) is 12.1. The third-order valence-corrected chi connectivity index (χ3v) is 6.24. The average Bonchev–Trinajstić information content (AvgIpc) is 2.79. The van der Waals surface area contributed by atoms with Crippen molar-refractivity contribution in [1.82, 2.24) is 10.2 Å². The predicted octanol–water partition coefficient (Wildman–Crippen LogP) is 4.42. The van der Waals surface area contributed by atoms with Crippen molar-refractivity contribution in [3.63, 3.8) is 0 Å². The number of benzene rings is 1. The lowest BCUT2D eigenvalue weighted by Crippen LogP contribution is -2.51. The van der Waals surface area contributed by atoms with E-state index in [0.29, 0.717) is 24.5 Å². The van der Waals surface area contributed by atoms with Crippen LogP contribution in [0.2, 0.25) is 0 Å². The van der Waals surface area contributed by atoms with Crippen molar-refractivity contribution in [2.24, 2.45) is 0 Å². The van der Waals surface area contributed by atoms with Crippen LogP contribution in [-0.2, 0) is 4.74 Å². The molecule has 6 heteroatoms. The van der Waals surface area contributed by atoms with Gasteiger partial charge in [0.25, 0.3) is 5.91 Å². The van der Waals surface area contributed by atoms with Crippen LogP contribution in [0.5, 0.6) is 11.5 Å². The maximum atomic E-state index is 13.5. The highest BCUT2D eigenvalue weighted by Crippen LogP contribution is 2.33.